The average molecular weight is 493 g/mol. The van der Waals surface area contributed by atoms with Crippen LogP contribution in [0.5, 0.6) is 0 Å². The molecule has 0 aliphatic rings. The monoisotopic (exact) mass is 492 g/mol. The zero-order valence-electron chi connectivity index (χ0n) is 15.1. The number of rotatable bonds is 6. The number of hydrogen-bond donors (Lipinski definition) is 2. The maximum absolute atomic E-state index is 6.33. The third-order valence-corrected chi connectivity index (χ3v) is 5.13. The van der Waals surface area contributed by atoms with Crippen LogP contribution in [0.2, 0.25) is 5.02 Å². The molecule has 0 saturated carbocycles. The molecule has 0 spiro atoms. The van der Waals surface area contributed by atoms with Crippen molar-refractivity contribution < 1.29 is 0 Å². The fourth-order valence-corrected chi connectivity index (χ4v) is 3.61. The fraction of sp³-hybridized carbons (Fsp3) is 0.444. The molecule has 2 aromatic rings. The van der Waals surface area contributed by atoms with Crippen molar-refractivity contribution in [2.75, 3.05) is 20.1 Å². The number of aliphatic imine (C=N–C) groups is 1. The highest BCUT2D eigenvalue weighted by Crippen LogP contribution is 2.28. The van der Waals surface area contributed by atoms with Gasteiger partial charge in [-0.3, -0.25) is 4.99 Å². The second kappa shape index (κ2) is 10.3. The summed E-state index contributed by atoms with van der Waals surface area (Å²) in [7, 11) is 1.78. The van der Waals surface area contributed by atoms with E-state index in [1.807, 2.05) is 24.4 Å². The van der Waals surface area contributed by atoms with E-state index in [9.17, 15) is 0 Å². The molecule has 0 bridgehead atoms. The van der Waals surface area contributed by atoms with E-state index in [0.29, 0.717) is 0 Å². The van der Waals surface area contributed by atoms with Gasteiger partial charge in [-0.2, -0.15) is 0 Å². The second-order valence-electron chi connectivity index (χ2n) is 6.33. The maximum Gasteiger partial charge on any atom is 0.191 e. The van der Waals surface area contributed by atoms with Crippen LogP contribution < -0.4 is 10.6 Å². The van der Waals surface area contributed by atoms with Crippen molar-refractivity contribution >= 4 is 52.9 Å². The van der Waals surface area contributed by atoms with Gasteiger partial charge in [0, 0.05) is 48.1 Å². The Morgan fingerprint density at radius 1 is 1.28 bits per heavy atom. The summed E-state index contributed by atoms with van der Waals surface area (Å²) in [5.41, 5.74) is 1.04. The number of thiazole rings is 1. The Morgan fingerprint density at radius 3 is 2.60 bits per heavy atom. The van der Waals surface area contributed by atoms with Crippen molar-refractivity contribution in [3.8, 4) is 0 Å². The highest BCUT2D eigenvalue weighted by Gasteiger charge is 2.23. The molecule has 0 radical (unpaired) electrons. The fourth-order valence-electron chi connectivity index (χ4n) is 2.44. The maximum atomic E-state index is 6.33. The summed E-state index contributed by atoms with van der Waals surface area (Å²) in [5.74, 6) is 0.795. The van der Waals surface area contributed by atoms with E-state index in [0.717, 1.165) is 41.1 Å². The van der Waals surface area contributed by atoms with E-state index < -0.39 is 0 Å². The van der Waals surface area contributed by atoms with E-state index in [-0.39, 0.29) is 29.4 Å². The van der Waals surface area contributed by atoms with Gasteiger partial charge in [-0.25, -0.2) is 4.98 Å². The van der Waals surface area contributed by atoms with Gasteiger partial charge in [-0.1, -0.05) is 43.6 Å². The lowest BCUT2D eigenvalue weighted by Crippen LogP contribution is -2.44. The minimum absolute atomic E-state index is 0. The van der Waals surface area contributed by atoms with Gasteiger partial charge < -0.3 is 10.6 Å². The molecular formula is C18H26ClIN4S. The van der Waals surface area contributed by atoms with Crippen LogP contribution in [0.1, 0.15) is 29.3 Å². The van der Waals surface area contributed by atoms with E-state index in [4.69, 9.17) is 11.6 Å². The minimum Gasteiger partial charge on any atom is -0.356 e. The molecule has 0 unspecified atom stereocenters. The Bertz CT molecular complexity index is 700. The van der Waals surface area contributed by atoms with Gasteiger partial charge in [0.2, 0.25) is 0 Å². The molecule has 1 heterocycles. The van der Waals surface area contributed by atoms with Crippen molar-refractivity contribution in [1.29, 1.82) is 0 Å². The molecular weight excluding hydrogens is 467 g/mol. The van der Waals surface area contributed by atoms with Crippen LogP contribution in [0, 0.1) is 6.92 Å². The first-order chi connectivity index (χ1) is 11.4. The molecule has 1 aromatic carbocycles. The molecule has 2 N–H and O–H groups in total. The van der Waals surface area contributed by atoms with Gasteiger partial charge >= 0.3 is 0 Å². The lowest BCUT2D eigenvalue weighted by Gasteiger charge is -2.27. The van der Waals surface area contributed by atoms with E-state index in [1.165, 1.54) is 4.88 Å². The van der Waals surface area contributed by atoms with Crippen molar-refractivity contribution in [1.82, 2.24) is 15.6 Å². The number of guanidine groups is 1. The van der Waals surface area contributed by atoms with Crippen LogP contribution in [0.25, 0.3) is 0 Å². The summed E-state index contributed by atoms with van der Waals surface area (Å²) in [6.45, 7) is 7.97. The second-order valence-corrected chi connectivity index (χ2v) is 8.06. The number of halogens is 2. The van der Waals surface area contributed by atoms with Gasteiger partial charge in [0.05, 0.1) is 5.01 Å². The van der Waals surface area contributed by atoms with Crippen molar-refractivity contribution in [3.63, 3.8) is 0 Å². The summed E-state index contributed by atoms with van der Waals surface area (Å²) < 4.78 is 0. The van der Waals surface area contributed by atoms with Crippen LogP contribution in [0.3, 0.4) is 0 Å². The van der Waals surface area contributed by atoms with E-state index in [2.05, 4.69) is 47.4 Å². The number of aryl methyl sites for hydroxylation is 1. The summed E-state index contributed by atoms with van der Waals surface area (Å²) in [6.07, 6.45) is 2.81. The van der Waals surface area contributed by atoms with Gasteiger partial charge in [-0.15, -0.1) is 35.3 Å². The van der Waals surface area contributed by atoms with Crippen LogP contribution in [0.15, 0.2) is 35.5 Å². The number of hydrogen-bond acceptors (Lipinski definition) is 3. The molecule has 2 rings (SSSR count). The van der Waals surface area contributed by atoms with Crippen LogP contribution in [-0.2, 0) is 11.8 Å². The van der Waals surface area contributed by atoms with Gasteiger partial charge in [0.1, 0.15) is 0 Å². The Balaban J connectivity index is 0.00000312. The van der Waals surface area contributed by atoms with E-state index in [1.54, 1.807) is 18.4 Å². The summed E-state index contributed by atoms with van der Waals surface area (Å²) >= 11 is 8.07. The predicted octanol–water partition coefficient (Wildman–Crippen LogP) is 4.41. The lowest BCUT2D eigenvalue weighted by atomic mass is 9.84. The first kappa shape index (κ1) is 22.2. The molecule has 4 nitrogen and oxygen atoms in total. The van der Waals surface area contributed by atoms with Crippen LogP contribution >= 0.6 is 46.9 Å². The molecule has 138 valence electrons. The Morgan fingerprint density at radius 2 is 2.00 bits per heavy atom. The first-order valence-electron chi connectivity index (χ1n) is 8.03. The highest BCUT2D eigenvalue weighted by molar-refractivity contribution is 14.0. The summed E-state index contributed by atoms with van der Waals surface area (Å²) in [5, 5.41) is 8.67. The Hall–Kier alpha value is -0.860. The standard InChI is InChI=1S/C18H25ClN4S.HI/c1-13-11-22-16(24-13)9-10-21-17(20-4)23-12-18(2,3)14-7-5-6-8-15(14)19;/h5-8,11H,9-10,12H2,1-4H3,(H2,20,21,23);1H. The highest BCUT2D eigenvalue weighted by atomic mass is 127. The Labute approximate surface area is 176 Å². The van der Waals surface area contributed by atoms with Crippen LogP contribution in [-0.4, -0.2) is 31.1 Å². The van der Waals surface area contributed by atoms with E-state index >= 15 is 0 Å². The van der Waals surface area contributed by atoms with Crippen LogP contribution in [0.4, 0.5) is 0 Å². The quantitative estimate of drug-likeness (QED) is 0.357. The molecule has 7 heteroatoms. The van der Waals surface area contributed by atoms with Gasteiger partial charge in [0.15, 0.2) is 5.96 Å². The summed E-state index contributed by atoms with van der Waals surface area (Å²) in [4.78, 5) is 9.91. The minimum atomic E-state index is -0.0949. The molecule has 0 aliphatic carbocycles. The normalized spacial score (nSPS) is 11.8. The SMILES string of the molecule is CN=C(NCCc1ncc(C)s1)NCC(C)(C)c1ccccc1Cl.I. The third-order valence-electron chi connectivity index (χ3n) is 3.82. The van der Waals surface area contributed by atoms with Crippen molar-refractivity contribution in [2.24, 2.45) is 4.99 Å². The number of nitrogens with one attached hydrogen (secondary N) is 2. The zero-order chi connectivity index (χ0) is 17.6. The average Bonchev–Trinajstić information content (AvgIpc) is 2.96. The zero-order valence-corrected chi connectivity index (χ0v) is 19.0. The number of nitrogens with zero attached hydrogens (tertiary/aromatic N) is 2. The number of aromatic nitrogens is 1. The molecule has 0 atom stereocenters. The predicted molar refractivity (Wildman–Crippen MR) is 120 cm³/mol. The van der Waals surface area contributed by atoms with Gasteiger partial charge in [0.25, 0.3) is 0 Å². The smallest absolute Gasteiger partial charge is 0.191 e. The third kappa shape index (κ3) is 6.75. The Kier molecular flexibility index (Phi) is 9.16. The first-order valence-corrected chi connectivity index (χ1v) is 9.22. The largest absolute Gasteiger partial charge is 0.356 e. The molecule has 1 aromatic heterocycles. The molecule has 25 heavy (non-hydrogen) atoms. The van der Waals surface area contributed by atoms with Gasteiger partial charge in [-0.05, 0) is 18.6 Å². The number of benzene rings is 1. The molecule has 0 aliphatic heterocycles. The molecule has 0 fully saturated rings. The van der Waals surface area contributed by atoms with Crippen molar-refractivity contribution in [2.45, 2.75) is 32.6 Å². The lowest BCUT2D eigenvalue weighted by molar-refractivity contribution is 0.509. The topological polar surface area (TPSA) is 49.3 Å². The summed E-state index contributed by atoms with van der Waals surface area (Å²) in [6, 6.07) is 7.98. The van der Waals surface area contributed by atoms with Crippen molar-refractivity contribution in [3.05, 3.63) is 50.9 Å². The molecule has 0 amide bonds. The molecule has 0 saturated heterocycles.